The summed E-state index contributed by atoms with van der Waals surface area (Å²) in [5.74, 6) is 2.25. The van der Waals surface area contributed by atoms with E-state index in [1.54, 1.807) is 29.8 Å². The van der Waals surface area contributed by atoms with Crippen LogP contribution >= 0.6 is 24.0 Å². The van der Waals surface area contributed by atoms with Gasteiger partial charge in [-0.05, 0) is 49.0 Å². The molecule has 0 aliphatic heterocycles. The van der Waals surface area contributed by atoms with Gasteiger partial charge in [-0.25, -0.2) is 4.68 Å². The summed E-state index contributed by atoms with van der Waals surface area (Å²) in [5.41, 5.74) is 3.41. The molecule has 2 N–H and O–H groups in total. The van der Waals surface area contributed by atoms with Gasteiger partial charge >= 0.3 is 0 Å². The lowest BCUT2D eigenvalue weighted by Gasteiger charge is -2.13. The molecule has 26 heavy (non-hydrogen) atoms. The Morgan fingerprint density at radius 3 is 2.85 bits per heavy atom. The van der Waals surface area contributed by atoms with Crippen LogP contribution in [0.15, 0.2) is 29.4 Å². The average Bonchev–Trinajstić information content (AvgIpc) is 2.94. The van der Waals surface area contributed by atoms with Crippen molar-refractivity contribution >= 4 is 35.0 Å². The van der Waals surface area contributed by atoms with E-state index >= 15 is 0 Å². The van der Waals surface area contributed by atoms with Crippen molar-refractivity contribution in [2.45, 2.75) is 32.9 Å². The van der Waals surface area contributed by atoms with E-state index in [4.69, 9.17) is 17.0 Å². The van der Waals surface area contributed by atoms with Crippen molar-refractivity contribution in [1.29, 1.82) is 0 Å². The second kappa shape index (κ2) is 9.54. The van der Waals surface area contributed by atoms with Crippen molar-refractivity contribution in [1.82, 2.24) is 20.2 Å². The van der Waals surface area contributed by atoms with E-state index in [9.17, 15) is 4.79 Å². The predicted octanol–water partition coefficient (Wildman–Crippen LogP) is 2.99. The topological polar surface area (TPSA) is 81.1 Å². The summed E-state index contributed by atoms with van der Waals surface area (Å²) >= 11 is 6.77. The zero-order valence-corrected chi connectivity index (χ0v) is 16.9. The second-order valence-electron chi connectivity index (χ2n) is 5.93. The highest BCUT2D eigenvalue weighted by atomic mass is 32.2. The van der Waals surface area contributed by atoms with Crippen LogP contribution in [0.25, 0.3) is 0 Å². The van der Waals surface area contributed by atoms with Gasteiger partial charge < -0.3 is 4.74 Å². The molecule has 9 heteroatoms. The minimum absolute atomic E-state index is 0.171. The number of ether oxygens (including phenoxy) is 1. The highest BCUT2D eigenvalue weighted by Crippen LogP contribution is 2.15. The van der Waals surface area contributed by atoms with Crippen LogP contribution < -0.4 is 15.5 Å². The van der Waals surface area contributed by atoms with Crippen LogP contribution in [0.4, 0.5) is 0 Å². The van der Waals surface area contributed by atoms with Crippen LogP contribution in [-0.4, -0.2) is 38.3 Å². The third-order valence-electron chi connectivity index (χ3n) is 3.19. The monoisotopic (exact) mass is 393 g/mol. The molecule has 1 aromatic carbocycles. The molecule has 0 saturated carbocycles. The first-order valence-electron chi connectivity index (χ1n) is 8.30. The van der Waals surface area contributed by atoms with Gasteiger partial charge in [0.1, 0.15) is 11.6 Å². The third kappa shape index (κ3) is 5.70. The van der Waals surface area contributed by atoms with E-state index in [2.05, 4.69) is 34.8 Å². The Kier molecular flexibility index (Phi) is 7.40. The third-order valence-corrected chi connectivity index (χ3v) is 4.19. The van der Waals surface area contributed by atoms with E-state index in [-0.39, 0.29) is 11.0 Å². The summed E-state index contributed by atoms with van der Waals surface area (Å²) in [5, 5.41) is 11.6. The quantitative estimate of drug-likeness (QED) is 0.553. The summed E-state index contributed by atoms with van der Waals surface area (Å²) in [4.78, 5) is 12.4. The van der Waals surface area contributed by atoms with E-state index < -0.39 is 0 Å². The summed E-state index contributed by atoms with van der Waals surface area (Å²) < 4.78 is 7.31. The number of hydrogen-bond acceptors (Lipinski definition) is 6. The normalized spacial score (nSPS) is 10.7. The maximum atomic E-state index is 12.4. The van der Waals surface area contributed by atoms with Crippen LogP contribution in [0.3, 0.4) is 0 Å². The molecule has 0 unspecified atom stereocenters. The zero-order chi connectivity index (χ0) is 19.1. The fraction of sp³-hybridized carbons (Fsp3) is 0.412. The number of carbonyl (C=O) groups is 1. The summed E-state index contributed by atoms with van der Waals surface area (Å²) in [7, 11) is 0. The van der Waals surface area contributed by atoms with Crippen LogP contribution in [0.1, 0.15) is 37.0 Å². The van der Waals surface area contributed by atoms with Gasteiger partial charge in [0.05, 0.1) is 6.61 Å². The van der Waals surface area contributed by atoms with Gasteiger partial charge in [0, 0.05) is 5.56 Å². The lowest BCUT2D eigenvalue weighted by Crippen LogP contribution is -2.38. The zero-order valence-electron chi connectivity index (χ0n) is 15.3. The molecule has 1 aromatic heterocycles. The number of carbonyl (C=O) groups excluding carboxylic acids is 1. The van der Waals surface area contributed by atoms with Gasteiger partial charge in [0.2, 0.25) is 5.16 Å². The molecule has 7 nitrogen and oxygen atoms in total. The summed E-state index contributed by atoms with van der Waals surface area (Å²) in [6.07, 6.45) is 0. The number of amides is 1. The molecule has 0 aliphatic carbocycles. The molecule has 0 bridgehead atoms. The van der Waals surface area contributed by atoms with Crippen LogP contribution in [0.5, 0.6) is 5.75 Å². The lowest BCUT2D eigenvalue weighted by atomic mass is 10.2. The number of thiocarbonyl (C=S) groups is 1. The Bertz CT molecular complexity index is 776. The highest BCUT2D eigenvalue weighted by Gasteiger charge is 2.13. The van der Waals surface area contributed by atoms with E-state index in [1.807, 2.05) is 13.0 Å². The first kappa shape index (κ1) is 20.2. The fourth-order valence-corrected chi connectivity index (χ4v) is 2.84. The SMILES string of the molecule is CCSc1nnc(C)n1NC(=S)NC(=O)c1cccc(OCC(C)C)c1. The maximum Gasteiger partial charge on any atom is 0.257 e. The lowest BCUT2D eigenvalue weighted by molar-refractivity contribution is 0.0977. The molecule has 0 atom stereocenters. The Morgan fingerprint density at radius 2 is 2.15 bits per heavy atom. The Balaban J connectivity index is 2.00. The van der Waals surface area contributed by atoms with Crippen LogP contribution in [0, 0.1) is 12.8 Å². The number of nitrogens with zero attached hydrogens (tertiary/aromatic N) is 3. The van der Waals surface area contributed by atoms with Gasteiger partial charge in [-0.1, -0.05) is 38.6 Å². The van der Waals surface area contributed by atoms with Gasteiger partial charge in [0.15, 0.2) is 5.11 Å². The minimum Gasteiger partial charge on any atom is -0.493 e. The second-order valence-corrected chi connectivity index (χ2v) is 7.57. The number of hydrogen-bond donors (Lipinski definition) is 2. The summed E-state index contributed by atoms with van der Waals surface area (Å²) in [6.45, 7) is 8.56. The van der Waals surface area contributed by atoms with Crippen molar-refractivity contribution in [2.75, 3.05) is 17.8 Å². The molecule has 1 heterocycles. The average molecular weight is 394 g/mol. The first-order valence-corrected chi connectivity index (χ1v) is 9.70. The molecule has 0 saturated heterocycles. The number of rotatable bonds is 7. The Hall–Kier alpha value is -2.13. The molecule has 1 amide bonds. The van der Waals surface area contributed by atoms with Gasteiger partial charge in [-0.2, -0.15) is 0 Å². The van der Waals surface area contributed by atoms with Crippen molar-refractivity contribution in [3.8, 4) is 5.75 Å². The molecule has 2 rings (SSSR count). The number of nitrogens with one attached hydrogen (secondary N) is 2. The molecule has 0 radical (unpaired) electrons. The van der Waals surface area contributed by atoms with Gasteiger partial charge in [-0.3, -0.25) is 15.5 Å². The predicted molar refractivity (Wildman–Crippen MR) is 107 cm³/mol. The van der Waals surface area contributed by atoms with E-state index in [0.29, 0.717) is 34.8 Å². The molecule has 0 aliphatic rings. The molecule has 0 fully saturated rings. The Morgan fingerprint density at radius 1 is 1.38 bits per heavy atom. The largest absolute Gasteiger partial charge is 0.493 e. The molecule has 140 valence electrons. The van der Waals surface area contributed by atoms with Crippen LogP contribution in [0.2, 0.25) is 0 Å². The molecule has 0 spiro atoms. The number of benzene rings is 1. The van der Waals surface area contributed by atoms with E-state index in [0.717, 1.165) is 5.75 Å². The molecular formula is C17H23N5O2S2. The molecular weight excluding hydrogens is 370 g/mol. The van der Waals surface area contributed by atoms with Crippen molar-refractivity contribution in [2.24, 2.45) is 5.92 Å². The smallest absolute Gasteiger partial charge is 0.257 e. The standard InChI is InChI=1S/C17H23N5O2S2/c1-5-26-17-20-19-12(4)22(17)21-16(25)18-15(23)13-7-6-8-14(9-13)24-10-11(2)3/h6-9,11H,5,10H2,1-4H3,(H2,18,21,23,25). The van der Waals surface area contributed by atoms with Crippen molar-refractivity contribution in [3.63, 3.8) is 0 Å². The summed E-state index contributed by atoms with van der Waals surface area (Å²) in [6, 6.07) is 7.01. The number of aryl methyl sites for hydroxylation is 1. The van der Waals surface area contributed by atoms with Crippen molar-refractivity contribution in [3.05, 3.63) is 35.7 Å². The fourth-order valence-electron chi connectivity index (χ4n) is 1.99. The number of aromatic nitrogens is 3. The van der Waals surface area contributed by atoms with Gasteiger partial charge in [0.25, 0.3) is 5.91 Å². The maximum absolute atomic E-state index is 12.4. The minimum atomic E-state index is -0.312. The van der Waals surface area contributed by atoms with Crippen LogP contribution in [-0.2, 0) is 0 Å². The highest BCUT2D eigenvalue weighted by molar-refractivity contribution is 7.99. The van der Waals surface area contributed by atoms with Gasteiger partial charge in [-0.15, -0.1) is 10.2 Å². The van der Waals surface area contributed by atoms with Crippen molar-refractivity contribution < 1.29 is 9.53 Å². The Labute approximate surface area is 162 Å². The molecule has 2 aromatic rings. The van der Waals surface area contributed by atoms with E-state index in [1.165, 1.54) is 11.8 Å². The first-order chi connectivity index (χ1) is 12.4. The number of thioether (sulfide) groups is 1.